The van der Waals surface area contributed by atoms with Crippen LogP contribution < -0.4 is 11.2 Å². The molecule has 1 atom stereocenters. The molecule has 1 unspecified atom stereocenters. The second kappa shape index (κ2) is 9.25. The van der Waals surface area contributed by atoms with Gasteiger partial charge in [-0.2, -0.15) is 0 Å². The number of nitrogens with zero attached hydrogens (tertiary/aromatic N) is 2. The van der Waals surface area contributed by atoms with E-state index in [-0.39, 0.29) is 5.56 Å². The molecule has 0 saturated carbocycles. The average Bonchev–Trinajstić information content (AvgIpc) is 2.89. The molecule has 1 N–H and O–H groups in total. The molecule has 2 heterocycles. The van der Waals surface area contributed by atoms with Crippen molar-refractivity contribution in [2.24, 2.45) is 0 Å². The average molecular weight is 454 g/mol. The SMILES string of the molecule is Cc1cn(C2CN(C(c3ccccc3)(c3ccccc3)c3ccccc3)CCO2)c(=O)[nH]c1=O. The number of aromatic amines is 1. The van der Waals surface area contributed by atoms with E-state index in [9.17, 15) is 9.59 Å². The third kappa shape index (κ3) is 3.81. The molecule has 0 amide bonds. The van der Waals surface area contributed by atoms with Gasteiger partial charge in [-0.15, -0.1) is 0 Å². The molecular formula is C28H27N3O3. The van der Waals surface area contributed by atoms with Crippen LogP contribution in [-0.4, -0.2) is 34.1 Å². The van der Waals surface area contributed by atoms with E-state index in [4.69, 9.17) is 4.74 Å². The van der Waals surface area contributed by atoms with E-state index in [1.54, 1.807) is 13.1 Å². The number of H-pyrrole nitrogens is 1. The quantitative estimate of drug-likeness (QED) is 0.468. The van der Waals surface area contributed by atoms with Crippen molar-refractivity contribution in [3.8, 4) is 0 Å². The highest BCUT2D eigenvalue weighted by Crippen LogP contribution is 2.43. The molecule has 0 spiro atoms. The molecule has 1 saturated heterocycles. The van der Waals surface area contributed by atoms with Crippen LogP contribution in [-0.2, 0) is 10.3 Å². The Morgan fingerprint density at radius 1 is 0.824 bits per heavy atom. The first kappa shape index (κ1) is 22.1. The largest absolute Gasteiger partial charge is 0.355 e. The van der Waals surface area contributed by atoms with Crippen LogP contribution in [0.15, 0.2) is 107 Å². The number of nitrogens with one attached hydrogen (secondary N) is 1. The van der Waals surface area contributed by atoms with Crippen LogP contribution in [0.5, 0.6) is 0 Å². The van der Waals surface area contributed by atoms with Crippen molar-refractivity contribution >= 4 is 0 Å². The zero-order valence-electron chi connectivity index (χ0n) is 19.1. The fraction of sp³-hybridized carbons (Fsp3) is 0.214. The van der Waals surface area contributed by atoms with Crippen LogP contribution in [0.25, 0.3) is 0 Å². The summed E-state index contributed by atoms with van der Waals surface area (Å²) in [5.41, 5.74) is 2.45. The van der Waals surface area contributed by atoms with E-state index in [1.807, 2.05) is 18.2 Å². The Balaban J connectivity index is 1.70. The maximum Gasteiger partial charge on any atom is 0.330 e. The predicted molar refractivity (Wildman–Crippen MR) is 132 cm³/mol. The summed E-state index contributed by atoms with van der Waals surface area (Å²) in [7, 11) is 0. The van der Waals surface area contributed by atoms with Crippen molar-refractivity contribution in [1.82, 2.24) is 14.5 Å². The lowest BCUT2D eigenvalue weighted by Crippen LogP contribution is -2.55. The Hall–Kier alpha value is -3.74. The third-order valence-electron chi connectivity index (χ3n) is 6.55. The number of hydrogen-bond acceptors (Lipinski definition) is 4. The fourth-order valence-corrected chi connectivity index (χ4v) is 4.99. The normalized spacial score (nSPS) is 16.9. The van der Waals surface area contributed by atoms with Gasteiger partial charge < -0.3 is 4.74 Å². The van der Waals surface area contributed by atoms with Crippen LogP contribution in [0.4, 0.5) is 0 Å². The van der Waals surface area contributed by atoms with Crippen LogP contribution >= 0.6 is 0 Å². The van der Waals surface area contributed by atoms with Crippen molar-refractivity contribution in [1.29, 1.82) is 0 Å². The summed E-state index contributed by atoms with van der Waals surface area (Å²) in [6, 6.07) is 31.3. The predicted octanol–water partition coefficient (Wildman–Crippen LogP) is 3.67. The monoisotopic (exact) mass is 453 g/mol. The number of ether oxygens (including phenoxy) is 1. The Morgan fingerprint density at radius 3 is 1.82 bits per heavy atom. The van der Waals surface area contributed by atoms with Gasteiger partial charge in [-0.05, 0) is 23.6 Å². The van der Waals surface area contributed by atoms with Gasteiger partial charge in [-0.25, -0.2) is 4.79 Å². The highest BCUT2D eigenvalue weighted by molar-refractivity contribution is 5.49. The van der Waals surface area contributed by atoms with E-state index < -0.39 is 17.5 Å². The van der Waals surface area contributed by atoms with Gasteiger partial charge in [-0.3, -0.25) is 19.2 Å². The van der Waals surface area contributed by atoms with Gasteiger partial charge in [0, 0.05) is 24.8 Å². The smallest absolute Gasteiger partial charge is 0.330 e. The summed E-state index contributed by atoms with van der Waals surface area (Å²) >= 11 is 0. The second-order valence-electron chi connectivity index (χ2n) is 8.56. The summed E-state index contributed by atoms with van der Waals surface area (Å²) in [4.78, 5) is 29.4. The molecule has 172 valence electrons. The number of aromatic nitrogens is 2. The lowest BCUT2D eigenvalue weighted by molar-refractivity contribution is -0.0917. The van der Waals surface area contributed by atoms with Gasteiger partial charge >= 0.3 is 5.69 Å². The van der Waals surface area contributed by atoms with E-state index in [0.717, 1.165) is 16.7 Å². The van der Waals surface area contributed by atoms with Crippen LogP contribution in [0.1, 0.15) is 28.5 Å². The molecule has 5 rings (SSSR count). The summed E-state index contributed by atoms with van der Waals surface area (Å²) in [6.07, 6.45) is 1.05. The first-order valence-electron chi connectivity index (χ1n) is 11.5. The Bertz CT molecular complexity index is 1270. The zero-order valence-corrected chi connectivity index (χ0v) is 19.1. The molecule has 4 aromatic rings. The van der Waals surface area contributed by atoms with Gasteiger partial charge in [-0.1, -0.05) is 91.0 Å². The fourth-order valence-electron chi connectivity index (χ4n) is 4.99. The number of morpholine rings is 1. The Morgan fingerprint density at radius 2 is 1.32 bits per heavy atom. The molecule has 0 radical (unpaired) electrons. The number of rotatable bonds is 5. The van der Waals surface area contributed by atoms with E-state index in [1.165, 1.54) is 4.57 Å². The van der Waals surface area contributed by atoms with Gasteiger partial charge in [0.15, 0.2) is 6.23 Å². The van der Waals surface area contributed by atoms with E-state index in [0.29, 0.717) is 25.3 Å². The van der Waals surface area contributed by atoms with Gasteiger partial charge in [0.1, 0.15) is 0 Å². The Labute approximate surface area is 198 Å². The van der Waals surface area contributed by atoms with Gasteiger partial charge in [0.05, 0.1) is 12.1 Å². The maximum atomic E-state index is 12.7. The van der Waals surface area contributed by atoms with Gasteiger partial charge in [0.25, 0.3) is 5.56 Å². The van der Waals surface area contributed by atoms with Crippen molar-refractivity contribution < 1.29 is 4.74 Å². The minimum atomic E-state index is -0.591. The molecular weight excluding hydrogens is 426 g/mol. The second-order valence-corrected chi connectivity index (χ2v) is 8.56. The summed E-state index contributed by atoms with van der Waals surface area (Å²) in [5, 5.41) is 0. The van der Waals surface area contributed by atoms with Crippen molar-refractivity contribution in [2.75, 3.05) is 19.7 Å². The number of aryl methyl sites for hydroxylation is 1. The standard InChI is InChI=1S/C28H27N3O3/c1-21-19-31(27(33)29-26(21)32)25-20-30(17-18-34-25)28(22-11-5-2-6-12-22,23-13-7-3-8-14-23)24-15-9-4-10-16-24/h2-16,19,25H,17-18,20H2,1H3,(H,29,32,33). The molecule has 1 aliphatic heterocycles. The summed E-state index contributed by atoms with van der Waals surface area (Å²) in [5.74, 6) is 0. The minimum absolute atomic E-state index is 0.374. The molecule has 1 fully saturated rings. The van der Waals surface area contributed by atoms with Crippen molar-refractivity contribution in [3.63, 3.8) is 0 Å². The third-order valence-corrected chi connectivity index (χ3v) is 6.55. The molecule has 0 aliphatic carbocycles. The summed E-state index contributed by atoms with van der Waals surface area (Å²) in [6.45, 7) is 3.28. The number of benzene rings is 3. The highest BCUT2D eigenvalue weighted by Gasteiger charge is 2.44. The molecule has 3 aromatic carbocycles. The van der Waals surface area contributed by atoms with Crippen LogP contribution in [0.3, 0.4) is 0 Å². The van der Waals surface area contributed by atoms with Crippen LogP contribution in [0, 0.1) is 6.92 Å². The van der Waals surface area contributed by atoms with Gasteiger partial charge in [0.2, 0.25) is 0 Å². The topological polar surface area (TPSA) is 67.3 Å². The number of hydrogen-bond donors (Lipinski definition) is 1. The Kier molecular flexibility index (Phi) is 6.01. The molecule has 1 aliphatic rings. The molecule has 1 aromatic heterocycles. The maximum absolute atomic E-state index is 12.7. The lowest BCUT2D eigenvalue weighted by Gasteiger charge is -2.48. The summed E-state index contributed by atoms with van der Waals surface area (Å²) < 4.78 is 7.57. The van der Waals surface area contributed by atoms with Crippen LogP contribution in [0.2, 0.25) is 0 Å². The molecule has 6 nitrogen and oxygen atoms in total. The van der Waals surface area contributed by atoms with Crippen molar-refractivity contribution in [2.45, 2.75) is 18.7 Å². The molecule has 34 heavy (non-hydrogen) atoms. The van der Waals surface area contributed by atoms with E-state index in [2.05, 4.69) is 82.7 Å². The van der Waals surface area contributed by atoms with Crippen molar-refractivity contribution in [3.05, 3.63) is 140 Å². The minimum Gasteiger partial charge on any atom is -0.355 e. The molecule has 6 heteroatoms. The highest BCUT2D eigenvalue weighted by atomic mass is 16.5. The van der Waals surface area contributed by atoms with E-state index >= 15 is 0 Å². The lowest BCUT2D eigenvalue weighted by atomic mass is 9.75. The first-order valence-corrected chi connectivity index (χ1v) is 11.5. The molecule has 0 bridgehead atoms. The first-order chi connectivity index (χ1) is 16.6. The zero-order chi connectivity index (χ0) is 23.5.